The van der Waals surface area contributed by atoms with Crippen LogP contribution in [0.15, 0.2) is 0 Å². The number of nitrogens with zero attached hydrogens (tertiary/aromatic N) is 2. The molecule has 0 unspecified atom stereocenters. The number of hydrogen-bond acceptors (Lipinski definition) is 4. The molecule has 6 nitrogen and oxygen atoms in total. The van der Waals surface area contributed by atoms with Crippen molar-refractivity contribution < 1.29 is 18.3 Å². The van der Waals surface area contributed by atoms with E-state index in [0.717, 1.165) is 6.42 Å². The van der Waals surface area contributed by atoms with Crippen molar-refractivity contribution in [2.45, 2.75) is 38.5 Å². The largest absolute Gasteiger partial charge is 0.396 e. The van der Waals surface area contributed by atoms with E-state index in [0.29, 0.717) is 51.2 Å². The van der Waals surface area contributed by atoms with Crippen LogP contribution in [-0.4, -0.2) is 68.1 Å². The third-order valence-electron chi connectivity index (χ3n) is 5.73. The molecule has 0 amide bonds. The Kier molecular flexibility index (Phi) is 5.96. The van der Waals surface area contributed by atoms with E-state index in [2.05, 4.69) is 0 Å². The maximum Gasteiger partial charge on any atom is 0.282 e. The van der Waals surface area contributed by atoms with E-state index in [-0.39, 0.29) is 12.5 Å². The summed E-state index contributed by atoms with van der Waals surface area (Å²) in [6, 6.07) is 0. The lowest BCUT2D eigenvalue weighted by molar-refractivity contribution is 0.0606. The predicted octanol–water partition coefficient (Wildman–Crippen LogP) is 1.07. The fourth-order valence-electron chi connectivity index (χ4n) is 4.41. The summed E-state index contributed by atoms with van der Waals surface area (Å²) in [5.41, 5.74) is 0. The average Bonchev–Trinajstić information content (AvgIpc) is 2.62. The SMILES string of the molecule is O=S(=O)(N1CCOCC1)N1C[C@@H](CO)C[C@H](C2CCCCC2)C1. The predicted molar refractivity (Wildman–Crippen MR) is 88.1 cm³/mol. The molecule has 23 heavy (non-hydrogen) atoms. The molecule has 3 aliphatic rings. The van der Waals surface area contributed by atoms with Gasteiger partial charge in [-0.2, -0.15) is 17.0 Å². The third-order valence-corrected chi connectivity index (χ3v) is 7.70. The molecule has 7 heteroatoms. The van der Waals surface area contributed by atoms with Crippen LogP contribution < -0.4 is 0 Å². The summed E-state index contributed by atoms with van der Waals surface area (Å²) < 4.78 is 34.4. The number of hydrogen-bond donors (Lipinski definition) is 1. The molecule has 134 valence electrons. The lowest BCUT2D eigenvalue weighted by Gasteiger charge is -2.42. The van der Waals surface area contributed by atoms with Crippen LogP contribution in [-0.2, 0) is 14.9 Å². The van der Waals surface area contributed by atoms with Gasteiger partial charge in [0.05, 0.1) is 13.2 Å². The van der Waals surface area contributed by atoms with Gasteiger partial charge in [0.25, 0.3) is 10.2 Å². The Morgan fingerprint density at radius 3 is 2.30 bits per heavy atom. The summed E-state index contributed by atoms with van der Waals surface area (Å²) >= 11 is 0. The second-order valence-electron chi connectivity index (χ2n) is 7.28. The van der Waals surface area contributed by atoms with E-state index >= 15 is 0 Å². The van der Waals surface area contributed by atoms with Crippen LogP contribution in [0.1, 0.15) is 38.5 Å². The zero-order valence-electron chi connectivity index (χ0n) is 13.9. The molecule has 0 bridgehead atoms. The van der Waals surface area contributed by atoms with E-state index < -0.39 is 10.2 Å². The van der Waals surface area contributed by atoms with Crippen LogP contribution in [0.5, 0.6) is 0 Å². The molecule has 0 radical (unpaired) electrons. The van der Waals surface area contributed by atoms with Gasteiger partial charge in [0.15, 0.2) is 0 Å². The molecule has 0 aromatic rings. The van der Waals surface area contributed by atoms with Gasteiger partial charge in [-0.05, 0) is 24.2 Å². The lowest BCUT2D eigenvalue weighted by Crippen LogP contribution is -2.54. The molecule has 0 aromatic heterocycles. The first-order chi connectivity index (χ1) is 11.1. The summed E-state index contributed by atoms with van der Waals surface area (Å²) in [4.78, 5) is 0. The zero-order valence-corrected chi connectivity index (χ0v) is 14.7. The van der Waals surface area contributed by atoms with Crippen LogP contribution in [0, 0.1) is 17.8 Å². The molecule has 0 aromatic carbocycles. The molecule has 2 atom stereocenters. The standard InChI is InChI=1S/C16H30N2O4S/c19-13-14-10-16(15-4-2-1-3-5-15)12-18(11-14)23(20,21)17-6-8-22-9-7-17/h14-16,19H,1-13H2/t14-,16-/m0/s1. The minimum Gasteiger partial charge on any atom is -0.396 e. The minimum atomic E-state index is -3.42. The van der Waals surface area contributed by atoms with Crippen LogP contribution in [0.2, 0.25) is 0 Å². The quantitative estimate of drug-likeness (QED) is 0.827. The van der Waals surface area contributed by atoms with Crippen LogP contribution in [0.4, 0.5) is 0 Å². The van der Waals surface area contributed by atoms with Crippen LogP contribution in [0.3, 0.4) is 0 Å². The second kappa shape index (κ2) is 7.78. The van der Waals surface area contributed by atoms with Crippen molar-refractivity contribution in [2.75, 3.05) is 46.0 Å². The summed E-state index contributed by atoms with van der Waals surface area (Å²) in [6.07, 6.45) is 7.24. The van der Waals surface area contributed by atoms with E-state index in [1.165, 1.54) is 32.1 Å². The second-order valence-corrected chi connectivity index (χ2v) is 9.21. The van der Waals surface area contributed by atoms with Crippen molar-refractivity contribution in [3.63, 3.8) is 0 Å². The highest BCUT2D eigenvalue weighted by Gasteiger charge is 2.39. The molecule has 0 spiro atoms. The molecule has 1 saturated carbocycles. The fourth-order valence-corrected chi connectivity index (χ4v) is 6.13. The number of aliphatic hydroxyl groups is 1. The normalized spacial score (nSPS) is 32.9. The topological polar surface area (TPSA) is 70.1 Å². The first-order valence-corrected chi connectivity index (χ1v) is 10.4. The maximum absolute atomic E-state index is 12.9. The molecular weight excluding hydrogens is 316 g/mol. The van der Waals surface area contributed by atoms with Crippen molar-refractivity contribution in [2.24, 2.45) is 17.8 Å². The highest BCUT2D eigenvalue weighted by atomic mass is 32.2. The smallest absolute Gasteiger partial charge is 0.282 e. The summed E-state index contributed by atoms with van der Waals surface area (Å²) in [5.74, 6) is 1.10. The van der Waals surface area contributed by atoms with Gasteiger partial charge in [-0.1, -0.05) is 32.1 Å². The monoisotopic (exact) mass is 346 g/mol. The average molecular weight is 346 g/mol. The van der Waals surface area contributed by atoms with E-state index in [4.69, 9.17) is 4.74 Å². The number of aliphatic hydroxyl groups excluding tert-OH is 1. The molecule has 1 N–H and O–H groups in total. The first kappa shape index (κ1) is 17.6. The molecule has 1 aliphatic carbocycles. The first-order valence-electron chi connectivity index (χ1n) is 9.05. The molecule has 3 fully saturated rings. The van der Waals surface area contributed by atoms with Gasteiger partial charge in [-0.15, -0.1) is 0 Å². The molecule has 2 aliphatic heterocycles. The summed E-state index contributed by atoms with van der Waals surface area (Å²) in [7, 11) is -3.42. The van der Waals surface area contributed by atoms with Crippen molar-refractivity contribution >= 4 is 10.2 Å². The van der Waals surface area contributed by atoms with Crippen LogP contribution >= 0.6 is 0 Å². The lowest BCUT2D eigenvalue weighted by atomic mass is 9.75. The third kappa shape index (κ3) is 4.07. The van der Waals surface area contributed by atoms with E-state index in [9.17, 15) is 13.5 Å². The van der Waals surface area contributed by atoms with Crippen molar-refractivity contribution in [1.29, 1.82) is 0 Å². The van der Waals surface area contributed by atoms with Gasteiger partial charge in [-0.3, -0.25) is 0 Å². The highest BCUT2D eigenvalue weighted by Crippen LogP contribution is 2.37. The van der Waals surface area contributed by atoms with E-state index in [1.54, 1.807) is 8.61 Å². The number of ether oxygens (including phenoxy) is 1. The van der Waals surface area contributed by atoms with Gasteiger partial charge in [-0.25, -0.2) is 0 Å². The highest BCUT2D eigenvalue weighted by molar-refractivity contribution is 7.86. The minimum absolute atomic E-state index is 0.0755. The molecule has 2 saturated heterocycles. The zero-order chi connectivity index (χ0) is 16.3. The Morgan fingerprint density at radius 1 is 0.957 bits per heavy atom. The Labute approximate surface area is 140 Å². The van der Waals surface area contributed by atoms with Gasteiger partial charge >= 0.3 is 0 Å². The van der Waals surface area contributed by atoms with Crippen LogP contribution in [0.25, 0.3) is 0 Å². The Morgan fingerprint density at radius 2 is 1.65 bits per heavy atom. The number of morpholine rings is 1. The summed E-state index contributed by atoms with van der Waals surface area (Å²) in [6.45, 7) is 3.00. The van der Waals surface area contributed by atoms with Gasteiger partial charge in [0.1, 0.15) is 0 Å². The molecule has 2 heterocycles. The van der Waals surface area contributed by atoms with Crippen molar-refractivity contribution in [3.05, 3.63) is 0 Å². The molecule has 3 rings (SSSR count). The van der Waals surface area contributed by atoms with Gasteiger partial charge < -0.3 is 9.84 Å². The maximum atomic E-state index is 12.9. The Hall–Kier alpha value is -0.210. The summed E-state index contributed by atoms with van der Waals surface area (Å²) in [5, 5.41) is 9.65. The molecular formula is C16H30N2O4S. The fraction of sp³-hybridized carbons (Fsp3) is 1.00. The number of piperidine rings is 1. The Balaban J connectivity index is 1.71. The number of rotatable bonds is 4. The van der Waals surface area contributed by atoms with Gasteiger partial charge in [0, 0.05) is 32.8 Å². The van der Waals surface area contributed by atoms with Gasteiger partial charge in [0.2, 0.25) is 0 Å². The van der Waals surface area contributed by atoms with Crippen molar-refractivity contribution in [1.82, 2.24) is 8.61 Å². The van der Waals surface area contributed by atoms with Crippen molar-refractivity contribution in [3.8, 4) is 0 Å². The Bertz CT molecular complexity index is 472. The van der Waals surface area contributed by atoms with E-state index in [1.807, 2.05) is 0 Å².